The molecule has 0 aromatic carbocycles. The minimum Gasteiger partial charge on any atom is -0.406 e. The highest BCUT2D eigenvalue weighted by atomic mass is 19.4. The van der Waals surface area contributed by atoms with Crippen LogP contribution in [0.5, 0.6) is 0 Å². The van der Waals surface area contributed by atoms with Crippen LogP contribution in [0.1, 0.15) is 5.76 Å². The largest absolute Gasteiger partial charge is 0.433 e. The lowest BCUT2D eigenvalue weighted by molar-refractivity contribution is -0.402. The van der Waals surface area contributed by atoms with Gasteiger partial charge in [0, 0.05) is 6.42 Å². The monoisotopic (exact) mass is 224 g/mol. The molecule has 1 aromatic rings. The van der Waals surface area contributed by atoms with Crippen LogP contribution in [0.25, 0.3) is 0 Å². The maximum atomic E-state index is 12.0. The van der Waals surface area contributed by atoms with Crippen molar-refractivity contribution in [3.8, 4) is 0 Å². The van der Waals surface area contributed by atoms with E-state index in [9.17, 15) is 23.3 Å². The summed E-state index contributed by atoms with van der Waals surface area (Å²) in [6, 6.07) is 0.00516. The topological polar surface area (TPSA) is 82.3 Å². The highest BCUT2D eigenvalue weighted by molar-refractivity contribution is 5.18. The first-order valence-electron chi connectivity index (χ1n) is 3.86. The van der Waals surface area contributed by atoms with E-state index in [1.54, 1.807) is 0 Å². The fraction of sp³-hybridized carbons (Fsp3) is 0.429. The number of hydrogen-bond donors (Lipinski definition) is 1. The molecule has 1 unspecified atom stereocenters. The van der Waals surface area contributed by atoms with Gasteiger partial charge in [-0.3, -0.25) is 10.1 Å². The van der Waals surface area contributed by atoms with Gasteiger partial charge in [0.05, 0.1) is 6.07 Å². The van der Waals surface area contributed by atoms with Gasteiger partial charge < -0.3 is 10.2 Å². The minimum atomic E-state index is -4.54. The zero-order valence-electron chi connectivity index (χ0n) is 7.32. The number of nitrogens with zero attached hydrogens (tertiary/aromatic N) is 1. The Morgan fingerprint density at radius 3 is 2.53 bits per heavy atom. The van der Waals surface area contributed by atoms with Crippen molar-refractivity contribution in [1.29, 1.82) is 0 Å². The summed E-state index contributed by atoms with van der Waals surface area (Å²) in [6.07, 6.45) is -5.15. The molecule has 1 rings (SSSR count). The number of furan rings is 1. The van der Waals surface area contributed by atoms with Gasteiger partial charge in [-0.05, 0) is 6.07 Å². The Morgan fingerprint density at radius 2 is 2.13 bits per heavy atom. The lowest BCUT2D eigenvalue weighted by atomic mass is 10.2. The van der Waals surface area contributed by atoms with Crippen molar-refractivity contribution in [2.24, 2.45) is 5.73 Å². The average Bonchev–Trinajstić information content (AvgIpc) is 2.50. The SMILES string of the molecule is NC(Cc1ccc([N+](=O)[O-])o1)C(F)(F)F. The van der Waals surface area contributed by atoms with Crippen molar-refractivity contribution in [2.45, 2.75) is 18.6 Å². The molecule has 0 radical (unpaired) electrons. The molecule has 0 fully saturated rings. The molecule has 5 nitrogen and oxygen atoms in total. The van der Waals surface area contributed by atoms with Crippen molar-refractivity contribution >= 4 is 5.88 Å². The highest BCUT2D eigenvalue weighted by Gasteiger charge is 2.37. The maximum absolute atomic E-state index is 12.0. The Kier molecular flexibility index (Phi) is 2.98. The lowest BCUT2D eigenvalue weighted by Gasteiger charge is -2.13. The summed E-state index contributed by atoms with van der Waals surface area (Å²) in [5.41, 5.74) is 4.81. The summed E-state index contributed by atoms with van der Waals surface area (Å²) in [4.78, 5) is 9.32. The third-order valence-corrected chi connectivity index (χ3v) is 1.67. The van der Waals surface area contributed by atoms with Gasteiger partial charge in [0.15, 0.2) is 0 Å². The molecule has 1 aromatic heterocycles. The number of nitrogens with two attached hydrogens (primary N) is 1. The number of alkyl halides is 3. The van der Waals surface area contributed by atoms with Crippen LogP contribution in [0.15, 0.2) is 16.5 Å². The predicted molar refractivity (Wildman–Crippen MR) is 43.1 cm³/mol. The van der Waals surface area contributed by atoms with Crippen LogP contribution < -0.4 is 5.73 Å². The van der Waals surface area contributed by atoms with Crippen molar-refractivity contribution in [3.63, 3.8) is 0 Å². The van der Waals surface area contributed by atoms with E-state index >= 15 is 0 Å². The summed E-state index contributed by atoms with van der Waals surface area (Å²) >= 11 is 0. The Bertz CT molecular complexity index is 361. The minimum absolute atomic E-state index is 0.161. The van der Waals surface area contributed by atoms with Gasteiger partial charge in [-0.25, -0.2) is 0 Å². The highest BCUT2D eigenvalue weighted by Crippen LogP contribution is 2.23. The van der Waals surface area contributed by atoms with Gasteiger partial charge in [-0.1, -0.05) is 0 Å². The lowest BCUT2D eigenvalue weighted by Crippen LogP contribution is -2.38. The molecule has 0 saturated heterocycles. The van der Waals surface area contributed by atoms with E-state index in [1.165, 1.54) is 0 Å². The first-order valence-corrected chi connectivity index (χ1v) is 3.86. The van der Waals surface area contributed by atoms with Gasteiger partial charge in [0.2, 0.25) is 0 Å². The van der Waals surface area contributed by atoms with Crippen molar-refractivity contribution < 1.29 is 22.5 Å². The summed E-state index contributed by atoms with van der Waals surface area (Å²) in [6.45, 7) is 0. The second-order valence-electron chi connectivity index (χ2n) is 2.85. The van der Waals surface area contributed by atoms with Gasteiger partial charge in [0.25, 0.3) is 0 Å². The molecule has 2 N–H and O–H groups in total. The van der Waals surface area contributed by atoms with Gasteiger partial charge in [0.1, 0.15) is 16.7 Å². The van der Waals surface area contributed by atoms with E-state index in [-0.39, 0.29) is 5.76 Å². The molecule has 1 heterocycles. The van der Waals surface area contributed by atoms with Gasteiger partial charge >= 0.3 is 12.1 Å². The zero-order chi connectivity index (χ0) is 11.6. The molecule has 84 valence electrons. The van der Waals surface area contributed by atoms with Crippen LogP contribution in [0.2, 0.25) is 0 Å². The van der Waals surface area contributed by atoms with Crippen LogP contribution in [-0.4, -0.2) is 17.1 Å². The summed E-state index contributed by atoms with van der Waals surface area (Å²) in [7, 11) is 0. The van der Waals surface area contributed by atoms with Gasteiger partial charge in [-0.2, -0.15) is 13.2 Å². The molecule has 0 amide bonds. The van der Waals surface area contributed by atoms with E-state index in [1.807, 2.05) is 0 Å². The van der Waals surface area contributed by atoms with Crippen molar-refractivity contribution in [1.82, 2.24) is 0 Å². The van der Waals surface area contributed by atoms with E-state index < -0.39 is 29.4 Å². The quantitative estimate of drug-likeness (QED) is 0.624. The van der Waals surface area contributed by atoms with E-state index in [0.717, 1.165) is 12.1 Å². The van der Waals surface area contributed by atoms with Crippen molar-refractivity contribution in [3.05, 3.63) is 28.0 Å². The first kappa shape index (κ1) is 11.5. The van der Waals surface area contributed by atoms with Gasteiger partial charge in [-0.15, -0.1) is 0 Å². The molecular formula is C7H7F3N2O3. The van der Waals surface area contributed by atoms with Crippen LogP contribution in [0.4, 0.5) is 19.1 Å². The smallest absolute Gasteiger partial charge is 0.406 e. The normalized spacial score (nSPS) is 13.9. The fourth-order valence-corrected chi connectivity index (χ4v) is 0.907. The number of rotatable bonds is 3. The average molecular weight is 224 g/mol. The summed E-state index contributed by atoms with van der Waals surface area (Å²) in [5.74, 6) is -0.758. The second kappa shape index (κ2) is 3.89. The van der Waals surface area contributed by atoms with E-state index in [0.29, 0.717) is 0 Å². The van der Waals surface area contributed by atoms with Crippen LogP contribution >= 0.6 is 0 Å². The molecule has 0 saturated carbocycles. The van der Waals surface area contributed by atoms with E-state index in [2.05, 4.69) is 4.42 Å². The molecule has 0 spiro atoms. The third-order valence-electron chi connectivity index (χ3n) is 1.67. The fourth-order valence-electron chi connectivity index (χ4n) is 0.907. The maximum Gasteiger partial charge on any atom is 0.433 e. The predicted octanol–water partition coefficient (Wildman–Crippen LogP) is 1.62. The first-order chi connectivity index (χ1) is 6.80. The second-order valence-corrected chi connectivity index (χ2v) is 2.85. The summed E-state index contributed by atoms with van der Waals surface area (Å²) in [5, 5.41) is 10.2. The standard InChI is InChI=1S/C7H7F3N2O3/c8-7(9,10)5(11)3-4-1-2-6(15-4)12(13)14/h1-2,5H,3,11H2. The van der Waals surface area contributed by atoms with Crippen LogP contribution in [0, 0.1) is 10.1 Å². The molecule has 1 atom stereocenters. The molecule has 15 heavy (non-hydrogen) atoms. The Hall–Kier alpha value is -1.57. The third kappa shape index (κ3) is 2.94. The number of halogens is 3. The number of nitro groups is 1. The van der Waals surface area contributed by atoms with E-state index in [4.69, 9.17) is 5.73 Å². The van der Waals surface area contributed by atoms with Crippen LogP contribution in [0.3, 0.4) is 0 Å². The molecular weight excluding hydrogens is 217 g/mol. The summed E-state index contributed by atoms with van der Waals surface area (Å²) < 4.78 is 40.5. The molecule has 0 aliphatic rings. The van der Waals surface area contributed by atoms with Crippen molar-refractivity contribution in [2.75, 3.05) is 0 Å². The Morgan fingerprint density at radius 1 is 1.53 bits per heavy atom. The molecule has 0 bridgehead atoms. The zero-order valence-corrected chi connectivity index (χ0v) is 7.32. The van der Waals surface area contributed by atoms with Crippen LogP contribution in [-0.2, 0) is 6.42 Å². The molecule has 0 aliphatic heterocycles. The Labute approximate surface area is 81.8 Å². The molecule has 8 heteroatoms. The Balaban J connectivity index is 2.69. The number of hydrogen-bond acceptors (Lipinski definition) is 4. The molecule has 0 aliphatic carbocycles.